The van der Waals surface area contributed by atoms with Gasteiger partial charge in [-0.3, -0.25) is 72.3 Å². The molecule has 0 aromatic rings. The van der Waals surface area contributed by atoms with E-state index in [1.165, 1.54) is 13.8 Å². The fourth-order valence-electron chi connectivity index (χ4n) is 8.78. The van der Waals surface area contributed by atoms with Crippen molar-refractivity contribution in [2.75, 3.05) is 26.2 Å². The SMILES string of the molecule is CC(C)C[C@H](NC(=O)[C@H](CCCCN)NC(=O)[C@H](CCC(N)=O)NC(=O)[C@H](CCCN=C(N)N)NC(=O)[C@H](CCCCN)NC(=O)[C@H](CCCN=C(N)N)NC(=O)[C@H](CCC(N)=O)NC(=O)[C@@H](NC(=O)[C@H](CCC(=O)O)NC(=O)[C@@H](N)CCC(=O)O)C(C)C)C(=O)O. The van der Waals surface area contributed by atoms with Crippen LogP contribution in [0.3, 0.4) is 0 Å². The molecule has 522 valence electrons. The van der Waals surface area contributed by atoms with Crippen molar-refractivity contribution < 1.29 is 82.4 Å². The van der Waals surface area contributed by atoms with E-state index in [9.17, 15) is 77.3 Å². The third-order valence-electron chi connectivity index (χ3n) is 13.8. The van der Waals surface area contributed by atoms with Crippen LogP contribution in [0.4, 0.5) is 0 Å². The molecule has 0 saturated heterocycles. The van der Waals surface area contributed by atoms with Gasteiger partial charge in [0.15, 0.2) is 11.9 Å². The summed E-state index contributed by atoms with van der Waals surface area (Å²) >= 11 is 0. The van der Waals surface area contributed by atoms with Gasteiger partial charge in [-0.05, 0) is 121 Å². The minimum Gasteiger partial charge on any atom is -0.481 e. The Hall–Kier alpha value is -9.00. The molecule has 0 radical (unpaired) electrons. The molecule has 0 rings (SSSR count). The van der Waals surface area contributed by atoms with Gasteiger partial charge in [0.2, 0.25) is 65.0 Å². The second-order valence-corrected chi connectivity index (χ2v) is 22.6. The third-order valence-corrected chi connectivity index (χ3v) is 13.8. The van der Waals surface area contributed by atoms with E-state index < -0.39 is 194 Å². The van der Waals surface area contributed by atoms with Crippen LogP contribution in [0.25, 0.3) is 0 Å². The van der Waals surface area contributed by atoms with Gasteiger partial charge in [0.25, 0.3) is 0 Å². The Morgan fingerprint density at radius 3 is 0.957 bits per heavy atom. The van der Waals surface area contributed by atoms with E-state index in [2.05, 4.69) is 57.8 Å². The number of unbranched alkanes of at least 4 members (excludes halogenated alkanes) is 2. The summed E-state index contributed by atoms with van der Waals surface area (Å²) in [6, 6.07) is -15.2. The maximum absolute atomic E-state index is 14.5. The summed E-state index contributed by atoms with van der Waals surface area (Å²) in [5.41, 5.74) is 50.3. The summed E-state index contributed by atoms with van der Waals surface area (Å²) in [7, 11) is 0. The van der Waals surface area contributed by atoms with Crippen LogP contribution in [0.15, 0.2) is 9.98 Å². The van der Waals surface area contributed by atoms with Crippen molar-refractivity contribution in [2.45, 2.75) is 210 Å². The fraction of sp³-hybridized carbons (Fsp3) is 0.709. The average molecular weight is 1310 g/mol. The van der Waals surface area contributed by atoms with Gasteiger partial charge >= 0.3 is 17.9 Å². The van der Waals surface area contributed by atoms with Crippen molar-refractivity contribution >= 4 is 94.8 Å². The zero-order valence-corrected chi connectivity index (χ0v) is 52.8. The molecule has 0 bridgehead atoms. The first-order valence-corrected chi connectivity index (χ1v) is 30.4. The molecule has 0 aromatic heterocycles. The van der Waals surface area contributed by atoms with E-state index in [0.717, 1.165) is 0 Å². The lowest BCUT2D eigenvalue weighted by Crippen LogP contribution is -2.61. The quantitative estimate of drug-likeness (QED) is 0.0153. The third kappa shape index (κ3) is 36.6. The number of nitrogens with one attached hydrogen (secondary N) is 9. The Morgan fingerprint density at radius 1 is 0.359 bits per heavy atom. The minimum absolute atomic E-state index is 0.00718. The van der Waals surface area contributed by atoms with Crippen molar-refractivity contribution in [1.82, 2.24) is 47.9 Å². The number of hydrogen-bond donors (Lipinski definition) is 21. The number of nitrogens with zero attached hydrogens (tertiary/aromatic N) is 2. The van der Waals surface area contributed by atoms with E-state index in [4.69, 9.17) is 56.7 Å². The molecular formula is C55H100N20O17. The van der Waals surface area contributed by atoms with Crippen LogP contribution in [0, 0.1) is 11.8 Å². The molecule has 0 aliphatic heterocycles. The molecule has 0 unspecified atom stereocenters. The highest BCUT2D eigenvalue weighted by molar-refractivity contribution is 5.99. The van der Waals surface area contributed by atoms with E-state index in [1.54, 1.807) is 13.8 Å². The summed E-state index contributed by atoms with van der Waals surface area (Å²) in [5, 5.41) is 50.6. The number of aliphatic carboxylic acids is 3. The maximum atomic E-state index is 14.5. The molecule has 30 N–H and O–H groups in total. The summed E-state index contributed by atoms with van der Waals surface area (Å²) in [5.74, 6) is -16.4. The molecule has 0 aromatic carbocycles. The van der Waals surface area contributed by atoms with E-state index in [0.29, 0.717) is 19.3 Å². The average Bonchev–Trinajstić information content (AvgIpc) is 1.53. The zero-order chi connectivity index (χ0) is 70.2. The predicted molar refractivity (Wildman–Crippen MR) is 334 cm³/mol. The number of hydrogen-bond acceptors (Lipinski definition) is 19. The van der Waals surface area contributed by atoms with Gasteiger partial charge in [0.05, 0.1) is 6.04 Å². The number of carbonyl (C=O) groups is 14. The molecule has 0 spiro atoms. The number of aliphatic imine (C=N–C) groups is 2. The topological polar surface area (TPSA) is 667 Å². The number of nitrogens with two attached hydrogens (primary N) is 9. The van der Waals surface area contributed by atoms with Crippen LogP contribution in [-0.2, 0) is 67.1 Å². The lowest BCUT2D eigenvalue weighted by Gasteiger charge is -2.29. The van der Waals surface area contributed by atoms with Crippen LogP contribution in [-0.4, -0.2) is 197 Å². The highest BCUT2D eigenvalue weighted by Crippen LogP contribution is 2.13. The summed E-state index contributed by atoms with van der Waals surface area (Å²) in [6.07, 6.45) is -3.27. The number of carbonyl (C=O) groups excluding carboxylic acids is 11. The number of carboxylic acids is 3. The largest absolute Gasteiger partial charge is 0.481 e. The molecule has 92 heavy (non-hydrogen) atoms. The normalized spacial score (nSPS) is 14.3. The van der Waals surface area contributed by atoms with Crippen LogP contribution < -0.4 is 99.5 Å². The first-order chi connectivity index (χ1) is 43.1. The maximum Gasteiger partial charge on any atom is 0.326 e. The second kappa shape index (κ2) is 45.3. The summed E-state index contributed by atoms with van der Waals surface area (Å²) in [4.78, 5) is 193. The highest BCUT2D eigenvalue weighted by atomic mass is 16.4. The molecule has 0 heterocycles. The lowest BCUT2D eigenvalue weighted by atomic mass is 10.0. The Bertz CT molecular complexity index is 2530. The van der Waals surface area contributed by atoms with Crippen LogP contribution in [0.1, 0.15) is 150 Å². The van der Waals surface area contributed by atoms with Gasteiger partial charge in [-0.25, -0.2) is 4.79 Å². The van der Waals surface area contributed by atoms with Crippen molar-refractivity contribution in [3.05, 3.63) is 0 Å². The molecule has 10 atom stereocenters. The van der Waals surface area contributed by atoms with Crippen molar-refractivity contribution in [3.63, 3.8) is 0 Å². The number of rotatable bonds is 50. The van der Waals surface area contributed by atoms with Gasteiger partial charge in [0.1, 0.15) is 54.4 Å². The standard InChI is InChI=1S/C55H100N20O17/c1-28(2)27-38(53(91)92)74-48(86)32(12-6-8-24-57)69-49(87)35(16-19-39(59)76)72-47(85)34(14-10-26-66-55(63)64)70-45(83)31(11-5-7-23-56)68-46(84)33(13-9-25-65-54(61)62)71-50(88)36(17-20-40(60)77)73-52(90)43(29(3)4)75-51(89)37(18-22-42(80)81)67-44(82)30(58)15-21-41(78)79/h28-38,43H,5-27,56-58H2,1-4H3,(H2,59,76)(H2,60,77)(H,67,82)(H,68,84)(H,69,87)(H,70,83)(H,71,88)(H,72,85)(H,73,90)(H,74,86)(H,75,89)(H,78,79)(H,80,81)(H,91,92)(H4,61,62,65)(H4,63,64,66)/t30-,31-,32-,33-,34-,35-,36-,37-,38-,43-/m0/s1. The van der Waals surface area contributed by atoms with Crippen LogP contribution in [0.5, 0.6) is 0 Å². The molecule has 0 aliphatic rings. The van der Waals surface area contributed by atoms with Gasteiger partial charge in [-0.1, -0.05) is 27.7 Å². The van der Waals surface area contributed by atoms with E-state index in [1.807, 2.05) is 0 Å². The minimum atomic E-state index is -1.69. The lowest BCUT2D eigenvalue weighted by molar-refractivity contribution is -0.143. The van der Waals surface area contributed by atoms with Gasteiger partial charge in [-0.15, -0.1) is 0 Å². The van der Waals surface area contributed by atoms with Crippen LogP contribution in [0.2, 0.25) is 0 Å². The molecule has 0 fully saturated rings. The first-order valence-electron chi connectivity index (χ1n) is 30.4. The van der Waals surface area contributed by atoms with Crippen LogP contribution >= 0.6 is 0 Å². The van der Waals surface area contributed by atoms with Crippen molar-refractivity contribution in [2.24, 2.45) is 73.4 Å². The van der Waals surface area contributed by atoms with E-state index in [-0.39, 0.29) is 102 Å². The highest BCUT2D eigenvalue weighted by Gasteiger charge is 2.37. The molecular weight excluding hydrogens is 1210 g/mol. The Morgan fingerprint density at radius 2 is 0.652 bits per heavy atom. The molecule has 37 nitrogen and oxygen atoms in total. The van der Waals surface area contributed by atoms with Crippen molar-refractivity contribution in [1.29, 1.82) is 0 Å². The molecule has 0 saturated carbocycles. The fourth-order valence-corrected chi connectivity index (χ4v) is 8.78. The monoisotopic (exact) mass is 1310 g/mol. The smallest absolute Gasteiger partial charge is 0.326 e. The Labute approximate surface area is 533 Å². The number of guanidine groups is 2. The predicted octanol–water partition coefficient (Wildman–Crippen LogP) is -6.91. The number of carboxylic acid groups (broad SMARTS) is 3. The Kier molecular flexibility index (Phi) is 40.9. The zero-order valence-electron chi connectivity index (χ0n) is 52.8. The molecule has 11 amide bonds. The van der Waals surface area contributed by atoms with Gasteiger partial charge < -0.3 is 115 Å². The molecule has 37 heteroatoms. The second-order valence-electron chi connectivity index (χ2n) is 22.6. The number of amides is 11. The van der Waals surface area contributed by atoms with Crippen molar-refractivity contribution in [3.8, 4) is 0 Å². The van der Waals surface area contributed by atoms with Gasteiger partial charge in [0, 0.05) is 38.8 Å². The Balaban J connectivity index is 7.36. The summed E-state index contributed by atoms with van der Waals surface area (Å²) in [6.45, 7) is 6.65. The summed E-state index contributed by atoms with van der Waals surface area (Å²) < 4.78 is 0. The first kappa shape index (κ1) is 83.0. The van der Waals surface area contributed by atoms with E-state index >= 15 is 0 Å². The van der Waals surface area contributed by atoms with Gasteiger partial charge in [-0.2, -0.15) is 0 Å². The molecule has 0 aliphatic carbocycles. The number of primary amides is 2.